The van der Waals surface area contributed by atoms with E-state index in [1.165, 1.54) is 12.8 Å². The van der Waals surface area contributed by atoms with Crippen molar-refractivity contribution in [3.05, 3.63) is 0 Å². The van der Waals surface area contributed by atoms with Crippen molar-refractivity contribution in [3.8, 4) is 0 Å². The van der Waals surface area contributed by atoms with E-state index in [0.717, 1.165) is 6.61 Å². The third-order valence-electron chi connectivity index (χ3n) is 3.36. The van der Waals surface area contributed by atoms with E-state index >= 15 is 0 Å². The van der Waals surface area contributed by atoms with Crippen molar-refractivity contribution in [2.24, 2.45) is 17.1 Å². The molecule has 1 heterocycles. The molecule has 0 radical (unpaired) electrons. The first-order chi connectivity index (χ1) is 5.14. The monoisotopic (exact) mass is 155 g/mol. The lowest BCUT2D eigenvalue weighted by atomic mass is 10.0. The predicted octanol–water partition coefficient (Wildman–Crippen LogP) is 1.15. The Balaban J connectivity index is 1.98. The number of hydrogen-bond donors (Lipinski definition) is 1. The lowest BCUT2D eigenvalue weighted by Gasteiger charge is -2.09. The normalized spacial score (nSPS) is 47.7. The molecule has 11 heavy (non-hydrogen) atoms. The molecule has 1 saturated heterocycles. The molecule has 2 heteroatoms. The summed E-state index contributed by atoms with van der Waals surface area (Å²) in [7, 11) is 0. The summed E-state index contributed by atoms with van der Waals surface area (Å²) in [6.07, 6.45) is 2.92. The second kappa shape index (κ2) is 2.20. The molecule has 0 bridgehead atoms. The molecule has 0 spiro atoms. The highest BCUT2D eigenvalue weighted by Crippen LogP contribution is 2.54. The van der Waals surface area contributed by atoms with Gasteiger partial charge in [-0.3, -0.25) is 0 Å². The Hall–Kier alpha value is -0.0800. The zero-order valence-corrected chi connectivity index (χ0v) is 7.34. The number of nitrogens with two attached hydrogens (primary N) is 1. The first kappa shape index (κ1) is 7.56. The van der Waals surface area contributed by atoms with Crippen molar-refractivity contribution in [1.29, 1.82) is 0 Å². The zero-order valence-electron chi connectivity index (χ0n) is 7.34. The quantitative estimate of drug-likeness (QED) is 0.616. The summed E-state index contributed by atoms with van der Waals surface area (Å²) < 4.78 is 5.60. The minimum Gasteiger partial charge on any atom is -0.378 e. The van der Waals surface area contributed by atoms with Crippen LogP contribution in [0.15, 0.2) is 0 Å². The number of rotatable bonds is 1. The van der Waals surface area contributed by atoms with Crippen molar-refractivity contribution >= 4 is 0 Å². The summed E-state index contributed by atoms with van der Waals surface area (Å²) in [5.74, 6) is 0.630. The van der Waals surface area contributed by atoms with Crippen molar-refractivity contribution in [2.75, 3.05) is 6.61 Å². The van der Waals surface area contributed by atoms with Crippen LogP contribution in [0.2, 0.25) is 0 Å². The van der Waals surface area contributed by atoms with Crippen LogP contribution < -0.4 is 5.73 Å². The van der Waals surface area contributed by atoms with Crippen molar-refractivity contribution in [3.63, 3.8) is 0 Å². The summed E-state index contributed by atoms with van der Waals surface area (Å²) in [6, 6.07) is 0.380. The van der Waals surface area contributed by atoms with E-state index in [4.69, 9.17) is 10.5 Å². The summed E-state index contributed by atoms with van der Waals surface area (Å²) in [6.45, 7) is 5.43. The first-order valence-corrected chi connectivity index (χ1v) is 4.51. The van der Waals surface area contributed by atoms with Crippen LogP contribution in [0.3, 0.4) is 0 Å². The molecule has 1 saturated carbocycles. The highest BCUT2D eigenvalue weighted by molar-refractivity contribution is 5.12. The summed E-state index contributed by atoms with van der Waals surface area (Å²) in [5, 5.41) is 0. The van der Waals surface area contributed by atoms with Gasteiger partial charge in [-0.15, -0.1) is 0 Å². The summed E-state index contributed by atoms with van der Waals surface area (Å²) in [5.41, 5.74) is 6.29. The lowest BCUT2D eigenvalue weighted by Crippen LogP contribution is -2.14. The van der Waals surface area contributed by atoms with Crippen LogP contribution in [0.1, 0.15) is 26.7 Å². The maximum Gasteiger partial charge on any atom is 0.0624 e. The van der Waals surface area contributed by atoms with Gasteiger partial charge in [0.1, 0.15) is 0 Å². The molecule has 3 atom stereocenters. The molecule has 2 N–H and O–H groups in total. The maximum absolute atomic E-state index is 5.94. The Kier molecular flexibility index (Phi) is 1.52. The number of ether oxygens (including phenoxy) is 1. The van der Waals surface area contributed by atoms with E-state index in [-0.39, 0.29) is 0 Å². The molecule has 1 unspecified atom stereocenters. The Morgan fingerprint density at radius 1 is 1.45 bits per heavy atom. The predicted molar refractivity (Wildman–Crippen MR) is 44.2 cm³/mol. The molecular weight excluding hydrogens is 138 g/mol. The van der Waals surface area contributed by atoms with Gasteiger partial charge in [-0.1, -0.05) is 13.8 Å². The Bertz CT molecular complexity index is 161. The van der Waals surface area contributed by atoms with Crippen LogP contribution >= 0.6 is 0 Å². The molecule has 1 aliphatic carbocycles. The molecule has 0 aromatic rings. The molecule has 2 aliphatic rings. The molecule has 0 aromatic carbocycles. The zero-order chi connectivity index (χ0) is 8.06. The third-order valence-corrected chi connectivity index (χ3v) is 3.36. The lowest BCUT2D eigenvalue weighted by molar-refractivity contribution is 0.0836. The molecule has 2 rings (SSSR count). The first-order valence-electron chi connectivity index (χ1n) is 4.51. The fourth-order valence-electron chi connectivity index (χ4n) is 2.31. The molecular formula is C9H17NO. The van der Waals surface area contributed by atoms with Gasteiger partial charge in [0.05, 0.1) is 6.10 Å². The maximum atomic E-state index is 5.94. The highest BCUT2D eigenvalue weighted by atomic mass is 16.5. The molecule has 2 fully saturated rings. The van der Waals surface area contributed by atoms with Gasteiger partial charge < -0.3 is 10.5 Å². The summed E-state index contributed by atoms with van der Waals surface area (Å²) in [4.78, 5) is 0. The molecule has 0 aromatic heterocycles. The van der Waals surface area contributed by atoms with Gasteiger partial charge in [0.25, 0.3) is 0 Å². The largest absolute Gasteiger partial charge is 0.378 e. The Morgan fingerprint density at radius 3 is 2.45 bits per heavy atom. The van der Waals surface area contributed by atoms with Gasteiger partial charge in [-0.25, -0.2) is 0 Å². The Labute approximate surface area is 68.1 Å². The van der Waals surface area contributed by atoms with Gasteiger partial charge >= 0.3 is 0 Å². The van der Waals surface area contributed by atoms with Crippen LogP contribution in [0.5, 0.6) is 0 Å². The minimum absolute atomic E-state index is 0.342. The van der Waals surface area contributed by atoms with Crippen LogP contribution in [-0.4, -0.2) is 18.8 Å². The Morgan fingerprint density at radius 2 is 2.09 bits per heavy atom. The van der Waals surface area contributed by atoms with Gasteiger partial charge in [0, 0.05) is 18.6 Å². The van der Waals surface area contributed by atoms with Crippen LogP contribution in [0, 0.1) is 11.3 Å². The average Bonchev–Trinajstić information content (AvgIpc) is 2.40. The standard InChI is InChI=1S/C9H17NO/c1-9(2)7(8(9)10)6-4-3-5-11-6/h6-8H,3-5,10H2,1-2H3/t6?,7-,8-/m1/s1. The van der Waals surface area contributed by atoms with Crippen LogP contribution in [0.4, 0.5) is 0 Å². The van der Waals surface area contributed by atoms with Crippen molar-refractivity contribution in [2.45, 2.75) is 38.8 Å². The van der Waals surface area contributed by atoms with E-state index in [9.17, 15) is 0 Å². The molecule has 2 nitrogen and oxygen atoms in total. The van der Waals surface area contributed by atoms with Gasteiger partial charge in [-0.2, -0.15) is 0 Å². The van der Waals surface area contributed by atoms with E-state index in [1.54, 1.807) is 0 Å². The minimum atomic E-state index is 0.342. The second-order valence-corrected chi connectivity index (χ2v) is 4.42. The average molecular weight is 155 g/mol. The molecule has 1 aliphatic heterocycles. The molecule has 64 valence electrons. The van der Waals surface area contributed by atoms with E-state index in [1.807, 2.05) is 0 Å². The van der Waals surface area contributed by atoms with E-state index < -0.39 is 0 Å². The van der Waals surface area contributed by atoms with Gasteiger partial charge in [-0.05, 0) is 18.3 Å². The van der Waals surface area contributed by atoms with Gasteiger partial charge in [0.15, 0.2) is 0 Å². The van der Waals surface area contributed by atoms with Crippen LogP contribution in [-0.2, 0) is 4.74 Å². The van der Waals surface area contributed by atoms with Crippen LogP contribution in [0.25, 0.3) is 0 Å². The smallest absolute Gasteiger partial charge is 0.0624 e. The van der Waals surface area contributed by atoms with Gasteiger partial charge in [0.2, 0.25) is 0 Å². The molecule has 0 amide bonds. The van der Waals surface area contributed by atoms with Crippen molar-refractivity contribution in [1.82, 2.24) is 0 Å². The fraction of sp³-hybridized carbons (Fsp3) is 1.00. The van der Waals surface area contributed by atoms with E-state index in [2.05, 4.69) is 13.8 Å². The highest BCUT2D eigenvalue weighted by Gasteiger charge is 2.59. The fourth-order valence-corrected chi connectivity index (χ4v) is 2.31. The SMILES string of the molecule is CC1(C)[C@H](N)[C@H]1C1CCCO1. The number of hydrogen-bond acceptors (Lipinski definition) is 2. The van der Waals surface area contributed by atoms with E-state index in [0.29, 0.717) is 23.5 Å². The van der Waals surface area contributed by atoms with Crippen molar-refractivity contribution < 1.29 is 4.74 Å². The summed E-state index contributed by atoms with van der Waals surface area (Å²) >= 11 is 0. The third kappa shape index (κ3) is 1.00. The second-order valence-electron chi connectivity index (χ2n) is 4.42. The topological polar surface area (TPSA) is 35.2 Å².